The Morgan fingerprint density at radius 2 is 1.67 bits per heavy atom. The highest BCUT2D eigenvalue weighted by molar-refractivity contribution is 5.91. The van der Waals surface area contributed by atoms with Crippen LogP contribution in [0.25, 0.3) is 22.3 Å². The Balaban J connectivity index is 2.07. The number of aryl methyl sites for hydroxylation is 1. The van der Waals surface area contributed by atoms with Crippen molar-refractivity contribution in [3.8, 4) is 22.3 Å². The number of hydrogen-bond acceptors (Lipinski definition) is 1. The van der Waals surface area contributed by atoms with E-state index in [9.17, 15) is 4.39 Å². The molecule has 4 rings (SSSR count). The van der Waals surface area contributed by atoms with Crippen LogP contribution in [0.15, 0.2) is 48.5 Å². The van der Waals surface area contributed by atoms with Crippen molar-refractivity contribution in [2.24, 2.45) is 0 Å². The first-order chi connectivity index (χ1) is 11.7. The molecule has 1 heterocycles. The number of hydrogen-bond donors (Lipinski definition) is 0. The minimum Gasteiger partial charge on any atom is -0.257 e. The van der Waals surface area contributed by atoms with E-state index in [-0.39, 0.29) is 5.82 Å². The van der Waals surface area contributed by atoms with Gasteiger partial charge in [-0.1, -0.05) is 50.2 Å². The third-order valence-electron chi connectivity index (χ3n) is 4.92. The number of fused-ring (bicyclic) bond motifs is 3. The standard InChI is InChI=1S/C22H20FN/c1-3-17-19(4-2)24-20-13-15-7-5-6-8-18(15)22(20)21(17)14-9-11-16(23)12-10-14/h5-12H,3-4,13H2,1-2H3. The van der Waals surface area contributed by atoms with Gasteiger partial charge in [-0.25, -0.2) is 4.39 Å². The summed E-state index contributed by atoms with van der Waals surface area (Å²) >= 11 is 0. The van der Waals surface area contributed by atoms with Gasteiger partial charge in [-0.15, -0.1) is 0 Å². The number of aromatic nitrogens is 1. The van der Waals surface area contributed by atoms with Gasteiger partial charge in [0.2, 0.25) is 0 Å². The third-order valence-corrected chi connectivity index (χ3v) is 4.92. The fraction of sp³-hybridized carbons (Fsp3) is 0.227. The van der Waals surface area contributed by atoms with Crippen LogP contribution in [0, 0.1) is 5.82 Å². The van der Waals surface area contributed by atoms with E-state index in [1.807, 2.05) is 12.1 Å². The zero-order valence-corrected chi connectivity index (χ0v) is 14.1. The minimum atomic E-state index is -0.196. The van der Waals surface area contributed by atoms with Crippen molar-refractivity contribution in [1.82, 2.24) is 4.98 Å². The average Bonchev–Trinajstić information content (AvgIpc) is 2.99. The van der Waals surface area contributed by atoms with Crippen LogP contribution in [-0.4, -0.2) is 4.98 Å². The molecule has 0 atom stereocenters. The second-order valence-electron chi connectivity index (χ2n) is 6.28. The first-order valence-corrected chi connectivity index (χ1v) is 8.61. The summed E-state index contributed by atoms with van der Waals surface area (Å²) in [5, 5.41) is 0. The van der Waals surface area contributed by atoms with Crippen molar-refractivity contribution in [3.63, 3.8) is 0 Å². The molecule has 0 radical (unpaired) electrons. The summed E-state index contributed by atoms with van der Waals surface area (Å²) in [7, 11) is 0. The first kappa shape index (κ1) is 15.1. The lowest BCUT2D eigenvalue weighted by Gasteiger charge is -2.18. The summed E-state index contributed by atoms with van der Waals surface area (Å²) < 4.78 is 13.4. The Labute approximate surface area is 142 Å². The van der Waals surface area contributed by atoms with Gasteiger partial charge in [-0.3, -0.25) is 4.98 Å². The summed E-state index contributed by atoms with van der Waals surface area (Å²) in [4.78, 5) is 4.99. The van der Waals surface area contributed by atoms with E-state index in [1.54, 1.807) is 12.1 Å². The maximum atomic E-state index is 13.4. The molecule has 1 nitrogen and oxygen atoms in total. The average molecular weight is 317 g/mol. The molecule has 0 N–H and O–H groups in total. The fourth-order valence-corrected chi connectivity index (χ4v) is 3.85. The SMILES string of the molecule is CCc1nc2c(c(-c3ccc(F)cc3)c1CC)-c1ccccc1C2. The largest absolute Gasteiger partial charge is 0.257 e. The second-order valence-corrected chi connectivity index (χ2v) is 6.28. The van der Waals surface area contributed by atoms with Gasteiger partial charge in [0, 0.05) is 17.7 Å². The summed E-state index contributed by atoms with van der Waals surface area (Å²) in [6.45, 7) is 4.33. The predicted molar refractivity (Wildman–Crippen MR) is 96.6 cm³/mol. The molecule has 0 saturated carbocycles. The van der Waals surface area contributed by atoms with E-state index >= 15 is 0 Å². The van der Waals surface area contributed by atoms with Gasteiger partial charge in [-0.05, 0) is 52.8 Å². The van der Waals surface area contributed by atoms with E-state index in [0.717, 1.165) is 30.5 Å². The van der Waals surface area contributed by atoms with Gasteiger partial charge in [-0.2, -0.15) is 0 Å². The maximum absolute atomic E-state index is 13.4. The molecule has 0 amide bonds. The monoisotopic (exact) mass is 317 g/mol. The molecule has 2 heteroatoms. The zero-order chi connectivity index (χ0) is 16.7. The highest BCUT2D eigenvalue weighted by Crippen LogP contribution is 2.44. The third kappa shape index (κ3) is 2.25. The molecular weight excluding hydrogens is 297 g/mol. The topological polar surface area (TPSA) is 12.9 Å². The van der Waals surface area contributed by atoms with Crippen molar-refractivity contribution in [3.05, 3.63) is 76.9 Å². The molecular formula is C22H20FN. The molecule has 2 aromatic carbocycles. The lowest BCUT2D eigenvalue weighted by Crippen LogP contribution is -2.04. The lowest BCUT2D eigenvalue weighted by molar-refractivity contribution is 0.628. The highest BCUT2D eigenvalue weighted by Gasteiger charge is 2.26. The first-order valence-electron chi connectivity index (χ1n) is 8.61. The van der Waals surface area contributed by atoms with Crippen molar-refractivity contribution < 1.29 is 4.39 Å². The maximum Gasteiger partial charge on any atom is 0.123 e. The highest BCUT2D eigenvalue weighted by atomic mass is 19.1. The quantitative estimate of drug-likeness (QED) is 0.480. The summed E-state index contributed by atoms with van der Waals surface area (Å²) in [6.07, 6.45) is 2.73. The fourth-order valence-electron chi connectivity index (χ4n) is 3.85. The Morgan fingerprint density at radius 3 is 2.38 bits per heavy atom. The van der Waals surface area contributed by atoms with E-state index in [0.29, 0.717) is 0 Å². The van der Waals surface area contributed by atoms with Crippen molar-refractivity contribution >= 4 is 0 Å². The minimum absolute atomic E-state index is 0.196. The molecule has 0 unspecified atom stereocenters. The van der Waals surface area contributed by atoms with Crippen LogP contribution in [0.2, 0.25) is 0 Å². The number of nitrogens with zero attached hydrogens (tertiary/aromatic N) is 1. The molecule has 24 heavy (non-hydrogen) atoms. The summed E-state index contributed by atoms with van der Waals surface area (Å²) in [5.74, 6) is -0.196. The lowest BCUT2D eigenvalue weighted by atomic mass is 9.89. The van der Waals surface area contributed by atoms with E-state index in [1.165, 1.54) is 33.5 Å². The summed E-state index contributed by atoms with van der Waals surface area (Å²) in [5.41, 5.74) is 9.79. The normalized spacial score (nSPS) is 12.1. The van der Waals surface area contributed by atoms with Gasteiger partial charge in [0.1, 0.15) is 5.82 Å². The number of pyridine rings is 1. The molecule has 0 spiro atoms. The molecule has 0 bridgehead atoms. The Morgan fingerprint density at radius 1 is 0.917 bits per heavy atom. The molecule has 0 saturated heterocycles. The molecule has 3 aromatic rings. The molecule has 1 aliphatic carbocycles. The van der Waals surface area contributed by atoms with Crippen LogP contribution in [0.1, 0.15) is 36.4 Å². The van der Waals surface area contributed by atoms with Gasteiger partial charge in [0.25, 0.3) is 0 Å². The Hall–Kier alpha value is -2.48. The van der Waals surface area contributed by atoms with Gasteiger partial charge in [0.15, 0.2) is 0 Å². The smallest absolute Gasteiger partial charge is 0.123 e. The number of rotatable bonds is 3. The van der Waals surface area contributed by atoms with E-state index < -0.39 is 0 Å². The van der Waals surface area contributed by atoms with Crippen LogP contribution >= 0.6 is 0 Å². The molecule has 0 fully saturated rings. The van der Waals surface area contributed by atoms with Crippen LogP contribution in [0.4, 0.5) is 4.39 Å². The predicted octanol–water partition coefficient (Wildman–Crippen LogP) is 5.58. The van der Waals surface area contributed by atoms with Gasteiger partial charge >= 0.3 is 0 Å². The van der Waals surface area contributed by atoms with Crippen LogP contribution in [0.5, 0.6) is 0 Å². The zero-order valence-electron chi connectivity index (χ0n) is 14.1. The van der Waals surface area contributed by atoms with Crippen molar-refractivity contribution in [2.75, 3.05) is 0 Å². The van der Waals surface area contributed by atoms with Gasteiger partial charge in [0.05, 0.1) is 5.69 Å². The Kier molecular flexibility index (Phi) is 3.68. The number of benzene rings is 2. The molecule has 120 valence electrons. The molecule has 1 aromatic heterocycles. The van der Waals surface area contributed by atoms with Crippen molar-refractivity contribution in [2.45, 2.75) is 33.1 Å². The number of halogens is 1. The van der Waals surface area contributed by atoms with Crippen LogP contribution < -0.4 is 0 Å². The molecule has 0 aliphatic heterocycles. The summed E-state index contributed by atoms with van der Waals surface area (Å²) in [6, 6.07) is 15.4. The second kappa shape index (κ2) is 5.86. The molecule has 1 aliphatic rings. The van der Waals surface area contributed by atoms with Crippen molar-refractivity contribution in [1.29, 1.82) is 0 Å². The van der Waals surface area contributed by atoms with E-state index in [4.69, 9.17) is 4.98 Å². The van der Waals surface area contributed by atoms with Crippen LogP contribution in [0.3, 0.4) is 0 Å². The Bertz CT molecular complexity index is 910. The van der Waals surface area contributed by atoms with Crippen LogP contribution in [-0.2, 0) is 19.3 Å². The van der Waals surface area contributed by atoms with Gasteiger partial charge < -0.3 is 0 Å². The van der Waals surface area contributed by atoms with E-state index in [2.05, 4.69) is 38.1 Å².